The summed E-state index contributed by atoms with van der Waals surface area (Å²) in [4.78, 5) is 24.8. The van der Waals surface area contributed by atoms with Crippen LogP contribution in [0.1, 0.15) is 21.5 Å². The number of nitriles is 1. The van der Waals surface area contributed by atoms with Crippen LogP contribution >= 0.6 is 0 Å². The van der Waals surface area contributed by atoms with Gasteiger partial charge in [0.2, 0.25) is 5.91 Å². The molecule has 0 saturated heterocycles. The van der Waals surface area contributed by atoms with Crippen molar-refractivity contribution in [2.24, 2.45) is 5.92 Å². The summed E-state index contributed by atoms with van der Waals surface area (Å²) in [5.41, 5.74) is 2.65. The predicted octanol–water partition coefficient (Wildman–Crippen LogP) is 3.27. The van der Waals surface area contributed by atoms with E-state index in [9.17, 15) is 14.9 Å². The predicted molar refractivity (Wildman–Crippen MR) is 91.0 cm³/mol. The van der Waals surface area contributed by atoms with Crippen LogP contribution < -0.4 is 10.1 Å². The highest BCUT2D eigenvalue weighted by molar-refractivity contribution is 6.15. The van der Waals surface area contributed by atoms with Crippen LogP contribution in [0.3, 0.4) is 0 Å². The Morgan fingerprint density at radius 3 is 2.54 bits per heavy atom. The van der Waals surface area contributed by atoms with Gasteiger partial charge in [-0.2, -0.15) is 5.26 Å². The Bertz CT molecular complexity index is 822. The highest BCUT2D eigenvalue weighted by Crippen LogP contribution is 2.21. The van der Waals surface area contributed by atoms with Gasteiger partial charge in [0.25, 0.3) is 0 Å². The molecule has 2 aromatic rings. The summed E-state index contributed by atoms with van der Waals surface area (Å²) >= 11 is 0. The van der Waals surface area contributed by atoms with Gasteiger partial charge in [-0.05, 0) is 43.2 Å². The van der Waals surface area contributed by atoms with Gasteiger partial charge in [0, 0.05) is 11.3 Å². The molecular weight excluding hydrogens is 304 g/mol. The van der Waals surface area contributed by atoms with Gasteiger partial charge in [0.15, 0.2) is 11.7 Å². The molecule has 24 heavy (non-hydrogen) atoms. The van der Waals surface area contributed by atoms with Crippen LogP contribution in [0.15, 0.2) is 42.5 Å². The van der Waals surface area contributed by atoms with Crippen molar-refractivity contribution in [3.05, 3.63) is 59.2 Å². The average Bonchev–Trinajstić information content (AvgIpc) is 2.55. The van der Waals surface area contributed by atoms with Crippen molar-refractivity contribution in [2.75, 3.05) is 12.4 Å². The summed E-state index contributed by atoms with van der Waals surface area (Å²) in [5, 5.41) is 11.9. The molecule has 5 heteroatoms. The Balaban J connectivity index is 2.22. The number of aryl methyl sites for hydroxylation is 2. The third-order valence-electron chi connectivity index (χ3n) is 3.63. The summed E-state index contributed by atoms with van der Waals surface area (Å²) in [5.74, 6) is -2.08. The zero-order chi connectivity index (χ0) is 17.7. The number of ether oxygens (including phenoxy) is 1. The summed E-state index contributed by atoms with van der Waals surface area (Å²) in [6.07, 6.45) is 0. The van der Waals surface area contributed by atoms with Crippen LogP contribution in [0.25, 0.3) is 0 Å². The van der Waals surface area contributed by atoms with E-state index < -0.39 is 17.6 Å². The van der Waals surface area contributed by atoms with Crippen LogP contribution in [-0.4, -0.2) is 18.8 Å². The average molecular weight is 322 g/mol. The second kappa shape index (κ2) is 7.42. The first-order valence-corrected chi connectivity index (χ1v) is 7.42. The number of Topliss-reactive ketones (excluding diaryl/α,β-unsaturated/α-hetero) is 1. The van der Waals surface area contributed by atoms with E-state index in [2.05, 4.69) is 5.32 Å². The summed E-state index contributed by atoms with van der Waals surface area (Å²) in [7, 11) is 1.50. The number of nitrogens with one attached hydrogen (secondary N) is 1. The minimum Gasteiger partial charge on any atom is -0.496 e. The third kappa shape index (κ3) is 3.79. The van der Waals surface area contributed by atoms with E-state index >= 15 is 0 Å². The summed E-state index contributed by atoms with van der Waals surface area (Å²) < 4.78 is 5.18. The minimum absolute atomic E-state index is 0.267. The van der Waals surface area contributed by atoms with E-state index in [0.717, 1.165) is 11.1 Å². The van der Waals surface area contributed by atoms with E-state index in [1.54, 1.807) is 42.5 Å². The van der Waals surface area contributed by atoms with E-state index in [-0.39, 0.29) is 5.56 Å². The van der Waals surface area contributed by atoms with Gasteiger partial charge in [0.1, 0.15) is 5.75 Å². The fourth-order valence-corrected chi connectivity index (χ4v) is 2.31. The Hall–Kier alpha value is -3.13. The van der Waals surface area contributed by atoms with Crippen LogP contribution in [0, 0.1) is 31.1 Å². The van der Waals surface area contributed by atoms with E-state index in [0.29, 0.717) is 11.4 Å². The second-order valence-electron chi connectivity index (χ2n) is 5.47. The van der Waals surface area contributed by atoms with E-state index in [1.807, 2.05) is 19.9 Å². The Labute approximate surface area is 140 Å². The van der Waals surface area contributed by atoms with Gasteiger partial charge in [-0.1, -0.05) is 24.3 Å². The van der Waals surface area contributed by atoms with Gasteiger partial charge < -0.3 is 10.1 Å². The highest BCUT2D eigenvalue weighted by atomic mass is 16.5. The highest BCUT2D eigenvalue weighted by Gasteiger charge is 2.28. The number of methoxy groups -OCH3 is 1. The number of carbonyl (C=O) groups is 2. The maximum absolute atomic E-state index is 12.5. The number of hydrogen-bond acceptors (Lipinski definition) is 4. The summed E-state index contributed by atoms with van der Waals surface area (Å²) in [6.45, 7) is 3.74. The number of ketones is 1. The third-order valence-corrected chi connectivity index (χ3v) is 3.63. The minimum atomic E-state index is -1.42. The Morgan fingerprint density at radius 1 is 1.17 bits per heavy atom. The quantitative estimate of drug-likeness (QED) is 0.677. The zero-order valence-corrected chi connectivity index (χ0v) is 13.8. The van der Waals surface area contributed by atoms with Crippen LogP contribution in [0.4, 0.5) is 5.69 Å². The van der Waals surface area contributed by atoms with Crippen LogP contribution in [0.5, 0.6) is 5.75 Å². The molecule has 2 aromatic carbocycles. The molecule has 0 spiro atoms. The molecule has 0 unspecified atom stereocenters. The lowest BCUT2D eigenvalue weighted by Gasteiger charge is -2.11. The Kier molecular flexibility index (Phi) is 5.33. The smallest absolute Gasteiger partial charge is 0.249 e. The van der Waals surface area contributed by atoms with Crippen LogP contribution in [0.2, 0.25) is 0 Å². The molecule has 1 amide bonds. The normalized spacial score (nSPS) is 11.2. The van der Waals surface area contributed by atoms with E-state index in [1.165, 1.54) is 7.11 Å². The van der Waals surface area contributed by atoms with Crippen molar-refractivity contribution in [1.82, 2.24) is 0 Å². The largest absolute Gasteiger partial charge is 0.496 e. The fraction of sp³-hybridized carbons (Fsp3) is 0.211. The van der Waals surface area contributed by atoms with E-state index in [4.69, 9.17) is 4.74 Å². The van der Waals surface area contributed by atoms with Gasteiger partial charge in [-0.3, -0.25) is 9.59 Å². The van der Waals surface area contributed by atoms with Crippen molar-refractivity contribution in [3.63, 3.8) is 0 Å². The first-order chi connectivity index (χ1) is 11.5. The molecule has 2 rings (SSSR count). The van der Waals surface area contributed by atoms with Gasteiger partial charge in [-0.25, -0.2) is 0 Å². The monoisotopic (exact) mass is 322 g/mol. The maximum Gasteiger partial charge on any atom is 0.249 e. The molecule has 0 aliphatic heterocycles. The number of carbonyl (C=O) groups excluding carboxylic acids is 2. The molecule has 122 valence electrons. The SMILES string of the molecule is COc1cc(C(=O)[C@H](C#N)C(=O)Nc2cccc(C)c2)ccc1C. The lowest BCUT2D eigenvalue weighted by molar-refractivity contribution is -0.117. The van der Waals surface area contributed by atoms with Crippen molar-refractivity contribution < 1.29 is 14.3 Å². The fourth-order valence-electron chi connectivity index (χ4n) is 2.31. The maximum atomic E-state index is 12.5. The molecule has 0 aliphatic carbocycles. The van der Waals surface area contributed by atoms with Gasteiger partial charge in [0.05, 0.1) is 13.2 Å². The topological polar surface area (TPSA) is 79.2 Å². The van der Waals surface area contributed by atoms with Crippen molar-refractivity contribution in [1.29, 1.82) is 5.26 Å². The lowest BCUT2D eigenvalue weighted by Crippen LogP contribution is -2.28. The number of amides is 1. The molecule has 0 bridgehead atoms. The number of anilines is 1. The molecule has 0 fully saturated rings. The molecular formula is C19H18N2O3. The number of benzene rings is 2. The molecule has 0 aromatic heterocycles. The van der Waals surface area contributed by atoms with Gasteiger partial charge in [-0.15, -0.1) is 0 Å². The number of rotatable bonds is 5. The zero-order valence-electron chi connectivity index (χ0n) is 13.8. The summed E-state index contributed by atoms with van der Waals surface area (Å²) in [6, 6.07) is 13.8. The molecule has 1 N–H and O–H groups in total. The van der Waals surface area contributed by atoms with Crippen LogP contribution in [-0.2, 0) is 4.79 Å². The number of nitrogens with zero attached hydrogens (tertiary/aromatic N) is 1. The first kappa shape index (κ1) is 17.2. The molecule has 1 atom stereocenters. The lowest BCUT2D eigenvalue weighted by atomic mass is 9.96. The molecule has 0 saturated carbocycles. The molecule has 0 heterocycles. The van der Waals surface area contributed by atoms with Gasteiger partial charge >= 0.3 is 0 Å². The second-order valence-corrected chi connectivity index (χ2v) is 5.47. The van der Waals surface area contributed by atoms with Crippen molar-refractivity contribution in [3.8, 4) is 11.8 Å². The van der Waals surface area contributed by atoms with Crippen molar-refractivity contribution >= 4 is 17.4 Å². The Morgan fingerprint density at radius 2 is 1.92 bits per heavy atom. The first-order valence-electron chi connectivity index (χ1n) is 7.42. The van der Waals surface area contributed by atoms with Crippen molar-refractivity contribution in [2.45, 2.75) is 13.8 Å². The standard InChI is InChI=1S/C19H18N2O3/c1-12-5-4-6-15(9-12)21-19(23)16(11-20)18(22)14-8-7-13(2)17(10-14)24-3/h4-10,16H,1-3H3,(H,21,23)/t16-/m0/s1. The molecule has 0 aliphatic rings. The number of hydrogen-bond donors (Lipinski definition) is 1. The molecule has 5 nitrogen and oxygen atoms in total. The molecule has 0 radical (unpaired) electrons.